The van der Waals surface area contributed by atoms with E-state index in [9.17, 15) is 4.79 Å². The molecule has 226 valence electrons. The lowest BCUT2D eigenvalue weighted by molar-refractivity contribution is 0.000567. The van der Waals surface area contributed by atoms with Crippen LogP contribution in [0.2, 0.25) is 0 Å². The standard InChI is InChI=1S/C32H48N4O5/c1-32(2,34-31(37)35(3)4)20-25-19-27(24-9-11-26(39-6)12-10-24)30(21-33-25)41-22-23-8-13-29-28(18-23)36(15-17-40-29)14-7-16-38-5/h8-13,18,25,27,30,33H,7,14-17,19-22H2,1-6H3,(H,34,37)/t25-,27+,30-/m0/s1. The molecule has 0 aromatic heterocycles. The third-order valence-corrected chi connectivity index (χ3v) is 7.97. The Morgan fingerprint density at radius 1 is 1.17 bits per heavy atom. The van der Waals surface area contributed by atoms with Gasteiger partial charge in [0.1, 0.15) is 18.1 Å². The van der Waals surface area contributed by atoms with E-state index in [0.29, 0.717) is 13.2 Å². The summed E-state index contributed by atoms with van der Waals surface area (Å²) in [5, 5.41) is 6.87. The van der Waals surface area contributed by atoms with Crippen molar-refractivity contribution in [1.82, 2.24) is 15.5 Å². The van der Waals surface area contributed by atoms with Crippen LogP contribution in [0.1, 0.15) is 50.2 Å². The number of carbonyl (C=O) groups excluding carboxylic acids is 1. The molecule has 2 aliphatic rings. The summed E-state index contributed by atoms with van der Waals surface area (Å²) in [6, 6.07) is 14.9. The second-order valence-electron chi connectivity index (χ2n) is 12.0. The maximum atomic E-state index is 12.3. The molecule has 2 amide bonds. The molecule has 0 radical (unpaired) electrons. The average Bonchev–Trinajstić information content (AvgIpc) is 2.96. The number of nitrogens with one attached hydrogen (secondary N) is 2. The van der Waals surface area contributed by atoms with Crippen molar-refractivity contribution < 1.29 is 23.7 Å². The van der Waals surface area contributed by atoms with Gasteiger partial charge in [0.15, 0.2) is 0 Å². The molecule has 9 heteroatoms. The summed E-state index contributed by atoms with van der Waals surface area (Å²) in [6.07, 6.45) is 2.70. The number of rotatable bonds is 12. The van der Waals surface area contributed by atoms with Gasteiger partial charge in [0.2, 0.25) is 0 Å². The molecule has 2 aromatic rings. The van der Waals surface area contributed by atoms with E-state index < -0.39 is 0 Å². The Balaban J connectivity index is 1.46. The van der Waals surface area contributed by atoms with Gasteiger partial charge in [-0.1, -0.05) is 18.2 Å². The molecule has 9 nitrogen and oxygen atoms in total. The monoisotopic (exact) mass is 568 g/mol. The van der Waals surface area contributed by atoms with Gasteiger partial charge in [0, 0.05) is 58.4 Å². The highest BCUT2D eigenvalue weighted by atomic mass is 16.5. The van der Waals surface area contributed by atoms with Crippen molar-refractivity contribution in [3.8, 4) is 11.5 Å². The maximum absolute atomic E-state index is 12.3. The molecule has 2 aliphatic heterocycles. The van der Waals surface area contributed by atoms with Crippen LogP contribution in [0.15, 0.2) is 42.5 Å². The largest absolute Gasteiger partial charge is 0.497 e. The molecule has 2 N–H and O–H groups in total. The number of benzene rings is 2. The number of amides is 2. The summed E-state index contributed by atoms with van der Waals surface area (Å²) in [4.78, 5) is 16.3. The minimum absolute atomic E-state index is 0.00390. The molecular weight excluding hydrogens is 520 g/mol. The van der Waals surface area contributed by atoms with Crippen molar-refractivity contribution in [3.05, 3.63) is 53.6 Å². The highest BCUT2D eigenvalue weighted by Gasteiger charge is 2.35. The van der Waals surface area contributed by atoms with Crippen LogP contribution in [0.5, 0.6) is 11.5 Å². The average molecular weight is 569 g/mol. The molecule has 1 fully saturated rings. The first-order chi connectivity index (χ1) is 19.7. The SMILES string of the molecule is COCCCN1CCOc2ccc(CO[C@H]3CN[C@H](CC(C)(C)NC(=O)N(C)C)C[C@@H]3c3ccc(OC)cc3)cc21. The molecule has 1 saturated heterocycles. The number of methoxy groups -OCH3 is 2. The van der Waals surface area contributed by atoms with Gasteiger partial charge in [-0.05, 0) is 68.5 Å². The smallest absolute Gasteiger partial charge is 0.317 e. The van der Waals surface area contributed by atoms with Crippen LogP contribution in [0.3, 0.4) is 0 Å². The molecule has 4 rings (SSSR count). The number of urea groups is 1. The first-order valence-corrected chi connectivity index (χ1v) is 14.7. The topological polar surface area (TPSA) is 84.5 Å². The molecule has 0 unspecified atom stereocenters. The van der Waals surface area contributed by atoms with Crippen LogP contribution in [0, 0.1) is 0 Å². The van der Waals surface area contributed by atoms with Gasteiger partial charge >= 0.3 is 6.03 Å². The minimum Gasteiger partial charge on any atom is -0.497 e. The highest BCUT2D eigenvalue weighted by Crippen LogP contribution is 2.36. The van der Waals surface area contributed by atoms with Crippen LogP contribution in [0.4, 0.5) is 10.5 Å². The number of piperidine rings is 1. The predicted molar refractivity (Wildman–Crippen MR) is 162 cm³/mol. The molecule has 0 spiro atoms. The maximum Gasteiger partial charge on any atom is 0.317 e. The van der Waals surface area contributed by atoms with Gasteiger partial charge in [-0.3, -0.25) is 0 Å². The summed E-state index contributed by atoms with van der Waals surface area (Å²) in [6.45, 7) is 8.68. The normalized spacial score (nSPS) is 20.6. The van der Waals surface area contributed by atoms with Gasteiger partial charge in [-0.25, -0.2) is 4.79 Å². The molecule has 2 heterocycles. The Kier molecular flexibility index (Phi) is 10.8. The highest BCUT2D eigenvalue weighted by molar-refractivity contribution is 5.74. The van der Waals surface area contributed by atoms with Crippen molar-refractivity contribution >= 4 is 11.7 Å². The third kappa shape index (κ3) is 8.50. The fourth-order valence-corrected chi connectivity index (χ4v) is 5.81. The Morgan fingerprint density at radius 3 is 2.66 bits per heavy atom. The second kappa shape index (κ2) is 14.2. The van der Waals surface area contributed by atoms with E-state index in [1.165, 1.54) is 5.56 Å². The van der Waals surface area contributed by atoms with E-state index >= 15 is 0 Å². The number of anilines is 1. The minimum atomic E-state index is -0.350. The summed E-state index contributed by atoms with van der Waals surface area (Å²) < 4.78 is 23.2. The van der Waals surface area contributed by atoms with Gasteiger partial charge in [-0.2, -0.15) is 0 Å². The summed E-state index contributed by atoms with van der Waals surface area (Å²) >= 11 is 0. The van der Waals surface area contributed by atoms with E-state index in [1.807, 2.05) is 12.1 Å². The van der Waals surface area contributed by atoms with Crippen LogP contribution in [0.25, 0.3) is 0 Å². The van der Waals surface area contributed by atoms with Crippen molar-refractivity contribution in [3.63, 3.8) is 0 Å². The van der Waals surface area contributed by atoms with E-state index in [0.717, 1.165) is 68.3 Å². The number of ether oxygens (including phenoxy) is 4. The lowest BCUT2D eigenvalue weighted by atomic mass is 9.80. The Labute approximate surface area is 245 Å². The number of hydrogen-bond acceptors (Lipinski definition) is 7. The molecule has 41 heavy (non-hydrogen) atoms. The number of hydrogen-bond donors (Lipinski definition) is 2. The third-order valence-electron chi connectivity index (χ3n) is 7.97. The molecule has 3 atom stereocenters. The second-order valence-corrected chi connectivity index (χ2v) is 12.0. The number of carbonyl (C=O) groups is 1. The van der Waals surface area contributed by atoms with Gasteiger partial charge in [0.25, 0.3) is 0 Å². The fourth-order valence-electron chi connectivity index (χ4n) is 5.81. The number of nitrogens with zero attached hydrogens (tertiary/aromatic N) is 2. The quantitative estimate of drug-likeness (QED) is 0.367. The van der Waals surface area contributed by atoms with Gasteiger partial charge in [0.05, 0.1) is 32.1 Å². The molecule has 0 aliphatic carbocycles. The van der Waals surface area contributed by atoms with Crippen LogP contribution >= 0.6 is 0 Å². The zero-order chi connectivity index (χ0) is 29.4. The van der Waals surface area contributed by atoms with Crippen molar-refractivity contribution in [1.29, 1.82) is 0 Å². The van der Waals surface area contributed by atoms with Crippen LogP contribution in [-0.2, 0) is 16.1 Å². The van der Waals surface area contributed by atoms with Crippen molar-refractivity contribution in [2.24, 2.45) is 0 Å². The van der Waals surface area contributed by atoms with Crippen LogP contribution in [-0.4, -0.2) is 89.8 Å². The summed E-state index contributed by atoms with van der Waals surface area (Å²) in [7, 11) is 6.96. The zero-order valence-electron chi connectivity index (χ0n) is 25.6. The van der Waals surface area contributed by atoms with Gasteiger partial charge in [-0.15, -0.1) is 0 Å². The lowest BCUT2D eigenvalue weighted by Crippen LogP contribution is -2.54. The molecule has 2 aromatic carbocycles. The molecular formula is C32H48N4O5. The fraction of sp³-hybridized carbons (Fsp3) is 0.594. The Hall–Kier alpha value is -3.01. The van der Waals surface area contributed by atoms with E-state index in [-0.39, 0.29) is 29.6 Å². The first-order valence-electron chi connectivity index (χ1n) is 14.7. The number of fused-ring (bicyclic) bond motifs is 1. The molecule has 0 bridgehead atoms. The van der Waals surface area contributed by atoms with E-state index in [4.69, 9.17) is 18.9 Å². The van der Waals surface area contributed by atoms with E-state index in [1.54, 1.807) is 33.2 Å². The summed E-state index contributed by atoms with van der Waals surface area (Å²) in [5.74, 6) is 1.98. The van der Waals surface area contributed by atoms with Crippen molar-refractivity contribution in [2.75, 3.05) is 66.1 Å². The predicted octanol–water partition coefficient (Wildman–Crippen LogP) is 4.40. The van der Waals surface area contributed by atoms with Crippen molar-refractivity contribution in [2.45, 2.75) is 63.3 Å². The lowest BCUT2D eigenvalue weighted by Gasteiger charge is -2.40. The zero-order valence-corrected chi connectivity index (χ0v) is 25.6. The van der Waals surface area contributed by atoms with E-state index in [2.05, 4.69) is 59.7 Å². The Bertz CT molecular complexity index is 1120. The first kappa shape index (κ1) is 30.9. The van der Waals surface area contributed by atoms with Crippen LogP contribution < -0.4 is 25.0 Å². The Morgan fingerprint density at radius 2 is 1.95 bits per heavy atom. The molecule has 0 saturated carbocycles. The summed E-state index contributed by atoms with van der Waals surface area (Å²) in [5.41, 5.74) is 3.15. The van der Waals surface area contributed by atoms with Gasteiger partial charge < -0.3 is 39.4 Å².